The number of hydrogen-bond acceptors (Lipinski definition) is 3. The smallest absolute Gasteiger partial charge is 0.271 e. The van der Waals surface area contributed by atoms with Gasteiger partial charge >= 0.3 is 0 Å². The van der Waals surface area contributed by atoms with Crippen LogP contribution < -0.4 is 5.73 Å². The fourth-order valence-corrected chi connectivity index (χ4v) is 1.63. The summed E-state index contributed by atoms with van der Waals surface area (Å²) in [5.41, 5.74) is 6.32. The van der Waals surface area contributed by atoms with Crippen LogP contribution >= 0.6 is 0 Å². The molecule has 1 aliphatic heterocycles. The maximum Gasteiger partial charge on any atom is 0.271 e. The van der Waals surface area contributed by atoms with Crippen LogP contribution in [-0.2, 0) is 0 Å². The summed E-state index contributed by atoms with van der Waals surface area (Å²) in [6, 6.07) is 1.67. The molecule has 2 heterocycles. The molecule has 0 saturated carbocycles. The van der Waals surface area contributed by atoms with Crippen molar-refractivity contribution in [3.8, 4) is 0 Å². The Bertz CT molecular complexity index is 327. The first-order chi connectivity index (χ1) is 6.64. The number of aromatic amines is 1. The van der Waals surface area contributed by atoms with Gasteiger partial charge in [0.05, 0.1) is 5.54 Å². The second-order valence-electron chi connectivity index (χ2n) is 3.85. The number of H-pyrrole nitrogens is 1. The zero-order valence-electron chi connectivity index (χ0n) is 8.16. The van der Waals surface area contributed by atoms with Gasteiger partial charge in [0.1, 0.15) is 5.69 Å². The largest absolute Gasteiger partial charge is 0.334 e. The van der Waals surface area contributed by atoms with E-state index in [1.54, 1.807) is 17.2 Å². The second kappa shape index (κ2) is 3.09. The summed E-state index contributed by atoms with van der Waals surface area (Å²) in [6.07, 6.45) is 2.47. The van der Waals surface area contributed by atoms with E-state index in [1.807, 2.05) is 6.92 Å². The van der Waals surface area contributed by atoms with E-state index < -0.39 is 0 Å². The molecule has 2 rings (SSSR count). The summed E-state index contributed by atoms with van der Waals surface area (Å²) < 4.78 is 0. The van der Waals surface area contributed by atoms with E-state index in [4.69, 9.17) is 5.73 Å². The third kappa shape index (κ3) is 1.39. The topological polar surface area (TPSA) is 75.0 Å². The summed E-state index contributed by atoms with van der Waals surface area (Å²) >= 11 is 0. The molecule has 1 aromatic rings. The molecular formula is C9H14N4O. The number of carbonyl (C=O) groups is 1. The number of aromatic nitrogens is 2. The van der Waals surface area contributed by atoms with Crippen molar-refractivity contribution in [3.05, 3.63) is 18.0 Å². The molecule has 76 valence electrons. The average molecular weight is 194 g/mol. The quantitative estimate of drug-likeness (QED) is 0.694. The molecule has 1 amide bonds. The number of likely N-dealkylation sites (tertiary alicyclic amines) is 1. The summed E-state index contributed by atoms with van der Waals surface area (Å²) in [7, 11) is 0. The maximum atomic E-state index is 11.7. The highest BCUT2D eigenvalue weighted by molar-refractivity contribution is 5.92. The predicted octanol–water partition coefficient (Wildman–Crippen LogP) is -0.0270. The van der Waals surface area contributed by atoms with Gasteiger partial charge in [-0.1, -0.05) is 6.92 Å². The molecule has 0 radical (unpaired) electrons. The van der Waals surface area contributed by atoms with Gasteiger partial charge in [0.25, 0.3) is 5.91 Å². The lowest BCUT2D eigenvalue weighted by atomic mass is 9.88. The summed E-state index contributed by atoms with van der Waals surface area (Å²) in [5, 5.41) is 6.39. The van der Waals surface area contributed by atoms with Crippen LogP contribution in [0.25, 0.3) is 0 Å². The van der Waals surface area contributed by atoms with Gasteiger partial charge in [-0.3, -0.25) is 9.89 Å². The molecule has 1 fully saturated rings. The molecule has 0 aliphatic carbocycles. The van der Waals surface area contributed by atoms with Crippen molar-refractivity contribution in [2.75, 3.05) is 13.1 Å². The molecule has 5 heteroatoms. The molecule has 5 nitrogen and oxygen atoms in total. The summed E-state index contributed by atoms with van der Waals surface area (Å²) in [4.78, 5) is 13.4. The lowest BCUT2D eigenvalue weighted by Gasteiger charge is -2.47. The van der Waals surface area contributed by atoms with Gasteiger partial charge < -0.3 is 10.6 Å². The Labute approximate surface area is 82.3 Å². The van der Waals surface area contributed by atoms with Crippen LogP contribution in [0.5, 0.6) is 0 Å². The highest BCUT2D eigenvalue weighted by atomic mass is 16.2. The Morgan fingerprint density at radius 2 is 2.50 bits per heavy atom. The standard InChI is InChI=1S/C9H14N4O/c1-2-9(10)5-13(6-9)8(14)7-3-4-11-12-7/h3-4H,2,5-6,10H2,1H3,(H,11,12). The van der Waals surface area contributed by atoms with E-state index in [0.717, 1.165) is 6.42 Å². The highest BCUT2D eigenvalue weighted by Gasteiger charge is 2.40. The van der Waals surface area contributed by atoms with Gasteiger partial charge in [0, 0.05) is 19.3 Å². The molecule has 3 N–H and O–H groups in total. The monoisotopic (exact) mass is 194 g/mol. The Morgan fingerprint density at radius 3 is 3.00 bits per heavy atom. The first kappa shape index (κ1) is 9.21. The third-order valence-corrected chi connectivity index (χ3v) is 2.73. The average Bonchev–Trinajstić information content (AvgIpc) is 2.64. The van der Waals surface area contributed by atoms with E-state index >= 15 is 0 Å². The molecule has 1 saturated heterocycles. The van der Waals surface area contributed by atoms with Gasteiger partial charge in [-0.25, -0.2) is 0 Å². The molecule has 0 atom stereocenters. The first-order valence-electron chi connectivity index (χ1n) is 4.72. The molecule has 0 unspecified atom stereocenters. The first-order valence-corrected chi connectivity index (χ1v) is 4.72. The van der Waals surface area contributed by atoms with Crippen molar-refractivity contribution in [3.63, 3.8) is 0 Å². The van der Waals surface area contributed by atoms with Crippen LogP contribution in [0.1, 0.15) is 23.8 Å². The minimum Gasteiger partial charge on any atom is -0.334 e. The Morgan fingerprint density at radius 1 is 1.79 bits per heavy atom. The molecule has 1 aromatic heterocycles. The van der Waals surface area contributed by atoms with Crippen LogP contribution in [0.3, 0.4) is 0 Å². The summed E-state index contributed by atoms with van der Waals surface area (Å²) in [5.74, 6) is -0.0166. The van der Waals surface area contributed by atoms with E-state index in [1.165, 1.54) is 0 Å². The van der Waals surface area contributed by atoms with Gasteiger partial charge in [-0.05, 0) is 12.5 Å². The number of nitrogens with zero attached hydrogens (tertiary/aromatic N) is 2. The van der Waals surface area contributed by atoms with E-state index in [9.17, 15) is 4.79 Å². The highest BCUT2D eigenvalue weighted by Crippen LogP contribution is 2.22. The van der Waals surface area contributed by atoms with Gasteiger partial charge in [-0.15, -0.1) is 0 Å². The Hall–Kier alpha value is -1.36. The third-order valence-electron chi connectivity index (χ3n) is 2.73. The Kier molecular flexibility index (Phi) is 2.03. The van der Waals surface area contributed by atoms with Crippen molar-refractivity contribution in [1.82, 2.24) is 15.1 Å². The van der Waals surface area contributed by atoms with Crippen LogP contribution in [-0.4, -0.2) is 39.6 Å². The number of nitrogens with one attached hydrogen (secondary N) is 1. The fraction of sp³-hybridized carbons (Fsp3) is 0.556. The lowest BCUT2D eigenvalue weighted by molar-refractivity contribution is 0.0395. The second-order valence-corrected chi connectivity index (χ2v) is 3.85. The molecule has 0 bridgehead atoms. The van der Waals surface area contributed by atoms with Gasteiger partial charge in [0.15, 0.2) is 0 Å². The normalized spacial score (nSPS) is 19.1. The minimum atomic E-state index is -0.171. The maximum absolute atomic E-state index is 11.7. The van der Waals surface area contributed by atoms with E-state index in [0.29, 0.717) is 18.8 Å². The fourth-order valence-electron chi connectivity index (χ4n) is 1.63. The molecule has 0 aromatic carbocycles. The van der Waals surface area contributed by atoms with Crippen LogP contribution in [0.15, 0.2) is 12.3 Å². The molecular weight excluding hydrogens is 180 g/mol. The van der Waals surface area contributed by atoms with Crippen molar-refractivity contribution in [2.24, 2.45) is 5.73 Å². The minimum absolute atomic E-state index is 0.0166. The number of rotatable bonds is 2. The van der Waals surface area contributed by atoms with Crippen molar-refractivity contribution >= 4 is 5.91 Å². The zero-order chi connectivity index (χ0) is 10.2. The van der Waals surface area contributed by atoms with Crippen LogP contribution in [0.4, 0.5) is 0 Å². The van der Waals surface area contributed by atoms with Gasteiger partial charge in [0.2, 0.25) is 0 Å². The van der Waals surface area contributed by atoms with Crippen LogP contribution in [0, 0.1) is 0 Å². The summed E-state index contributed by atoms with van der Waals surface area (Å²) in [6.45, 7) is 3.32. The van der Waals surface area contributed by atoms with E-state index in [2.05, 4.69) is 10.2 Å². The van der Waals surface area contributed by atoms with Crippen molar-refractivity contribution in [1.29, 1.82) is 0 Å². The molecule has 14 heavy (non-hydrogen) atoms. The number of nitrogens with two attached hydrogens (primary N) is 1. The zero-order valence-corrected chi connectivity index (χ0v) is 8.16. The van der Waals surface area contributed by atoms with Gasteiger partial charge in [-0.2, -0.15) is 5.10 Å². The van der Waals surface area contributed by atoms with Crippen molar-refractivity contribution < 1.29 is 4.79 Å². The number of hydrogen-bond donors (Lipinski definition) is 2. The van der Waals surface area contributed by atoms with E-state index in [-0.39, 0.29) is 11.4 Å². The predicted molar refractivity (Wildman–Crippen MR) is 51.7 cm³/mol. The molecule has 1 aliphatic rings. The number of amides is 1. The van der Waals surface area contributed by atoms with Crippen molar-refractivity contribution in [2.45, 2.75) is 18.9 Å². The SMILES string of the molecule is CCC1(N)CN(C(=O)c2ccn[nH]2)C1. The lowest BCUT2D eigenvalue weighted by Crippen LogP contribution is -2.68. The van der Waals surface area contributed by atoms with Crippen LogP contribution in [0.2, 0.25) is 0 Å². The molecule has 0 spiro atoms. The number of carbonyl (C=O) groups excluding carboxylic acids is 1. The Balaban J connectivity index is 1.98.